The van der Waals surface area contributed by atoms with Crippen LogP contribution in [0.2, 0.25) is 5.02 Å². The van der Waals surface area contributed by atoms with Gasteiger partial charge in [-0.25, -0.2) is 17.6 Å². The maximum absolute atomic E-state index is 15.4. The summed E-state index contributed by atoms with van der Waals surface area (Å²) in [5.41, 5.74) is -3.30. The summed E-state index contributed by atoms with van der Waals surface area (Å²) in [6.07, 6.45) is 0. The molecule has 0 saturated carbocycles. The molecular weight excluding hydrogens is 382 g/mol. The van der Waals surface area contributed by atoms with Crippen molar-refractivity contribution in [2.75, 3.05) is 13.2 Å². The van der Waals surface area contributed by atoms with Crippen molar-refractivity contribution < 1.29 is 22.3 Å². The third-order valence-corrected chi connectivity index (χ3v) is 5.35. The zero-order valence-corrected chi connectivity index (χ0v) is 15.9. The van der Waals surface area contributed by atoms with E-state index in [0.29, 0.717) is 11.1 Å². The SMILES string of the molecule is CC1(C)OCCN[C@](C)(c2cc(-c3cc(F)cc(Cl)c3)ccc2F)C1(F)F. The molecule has 0 aliphatic carbocycles. The van der Waals surface area contributed by atoms with E-state index in [2.05, 4.69) is 5.32 Å². The van der Waals surface area contributed by atoms with Gasteiger partial charge < -0.3 is 10.1 Å². The largest absolute Gasteiger partial charge is 0.368 e. The lowest BCUT2D eigenvalue weighted by Crippen LogP contribution is -2.61. The Balaban J connectivity index is 2.18. The standard InChI is InChI=1S/C20H20ClF4NO/c1-18(2)20(24,25)19(3,26-6-7-27-18)16-10-12(4-5-17(16)23)13-8-14(21)11-15(22)9-13/h4-5,8-11,26H,6-7H2,1-3H3/t19-/m1/s1. The molecule has 1 heterocycles. The van der Waals surface area contributed by atoms with Crippen LogP contribution in [0.1, 0.15) is 26.3 Å². The zero-order valence-electron chi connectivity index (χ0n) is 15.2. The smallest absolute Gasteiger partial charge is 0.297 e. The number of alkyl halides is 2. The highest BCUT2D eigenvalue weighted by atomic mass is 35.5. The van der Waals surface area contributed by atoms with Gasteiger partial charge in [0.1, 0.15) is 22.8 Å². The van der Waals surface area contributed by atoms with Crippen molar-refractivity contribution in [3.63, 3.8) is 0 Å². The fourth-order valence-electron chi connectivity index (χ4n) is 3.48. The molecule has 146 valence electrons. The van der Waals surface area contributed by atoms with Crippen molar-refractivity contribution in [2.45, 2.75) is 37.8 Å². The van der Waals surface area contributed by atoms with Gasteiger partial charge in [-0.1, -0.05) is 17.7 Å². The summed E-state index contributed by atoms with van der Waals surface area (Å²) >= 11 is 5.89. The lowest BCUT2D eigenvalue weighted by atomic mass is 9.77. The minimum absolute atomic E-state index is 0.0684. The maximum Gasteiger partial charge on any atom is 0.297 e. The van der Waals surface area contributed by atoms with Crippen molar-refractivity contribution in [1.82, 2.24) is 5.32 Å². The predicted molar refractivity (Wildman–Crippen MR) is 97.1 cm³/mol. The first kappa shape index (κ1) is 20.1. The van der Waals surface area contributed by atoms with Crippen molar-refractivity contribution in [3.05, 3.63) is 58.6 Å². The first-order valence-corrected chi connectivity index (χ1v) is 8.89. The number of ether oxygens (including phenoxy) is 1. The summed E-state index contributed by atoms with van der Waals surface area (Å²) in [4.78, 5) is 0. The summed E-state index contributed by atoms with van der Waals surface area (Å²) < 4.78 is 64.5. The average Bonchev–Trinajstić information content (AvgIpc) is 2.64. The van der Waals surface area contributed by atoms with Crippen molar-refractivity contribution in [2.24, 2.45) is 0 Å². The third-order valence-electron chi connectivity index (χ3n) is 5.13. The molecule has 27 heavy (non-hydrogen) atoms. The second kappa shape index (κ2) is 6.76. The molecule has 1 aliphatic rings. The molecule has 1 N–H and O–H groups in total. The molecule has 1 fully saturated rings. The highest BCUT2D eigenvalue weighted by molar-refractivity contribution is 6.30. The van der Waals surface area contributed by atoms with Crippen LogP contribution >= 0.6 is 11.6 Å². The Morgan fingerprint density at radius 2 is 1.70 bits per heavy atom. The Morgan fingerprint density at radius 3 is 2.37 bits per heavy atom. The van der Waals surface area contributed by atoms with E-state index in [9.17, 15) is 8.78 Å². The monoisotopic (exact) mass is 401 g/mol. The highest BCUT2D eigenvalue weighted by Crippen LogP contribution is 2.48. The van der Waals surface area contributed by atoms with E-state index in [1.54, 1.807) is 0 Å². The Hall–Kier alpha value is -1.63. The Morgan fingerprint density at radius 1 is 1.00 bits per heavy atom. The van der Waals surface area contributed by atoms with Gasteiger partial charge in [0.05, 0.1) is 6.61 Å². The van der Waals surface area contributed by atoms with Gasteiger partial charge in [0.15, 0.2) is 0 Å². The van der Waals surface area contributed by atoms with Crippen LogP contribution in [0.3, 0.4) is 0 Å². The van der Waals surface area contributed by atoms with E-state index < -0.39 is 28.7 Å². The fraction of sp³-hybridized carbons (Fsp3) is 0.400. The molecule has 1 atom stereocenters. The minimum Gasteiger partial charge on any atom is -0.368 e. The molecule has 0 amide bonds. The normalized spacial score (nSPS) is 24.4. The highest BCUT2D eigenvalue weighted by Gasteiger charge is 2.63. The molecule has 3 rings (SSSR count). The first-order valence-electron chi connectivity index (χ1n) is 8.51. The number of rotatable bonds is 2. The van der Waals surface area contributed by atoms with Crippen molar-refractivity contribution in [1.29, 1.82) is 0 Å². The minimum atomic E-state index is -3.43. The molecule has 0 bridgehead atoms. The van der Waals surface area contributed by atoms with E-state index >= 15 is 8.78 Å². The van der Waals surface area contributed by atoms with Crippen LogP contribution in [-0.4, -0.2) is 24.7 Å². The van der Waals surface area contributed by atoms with Gasteiger partial charge >= 0.3 is 0 Å². The number of hydrogen-bond donors (Lipinski definition) is 1. The molecule has 2 nitrogen and oxygen atoms in total. The lowest BCUT2D eigenvalue weighted by Gasteiger charge is -2.44. The van der Waals surface area contributed by atoms with Gasteiger partial charge in [0.25, 0.3) is 5.92 Å². The maximum atomic E-state index is 15.4. The average molecular weight is 402 g/mol. The van der Waals surface area contributed by atoms with E-state index in [-0.39, 0.29) is 23.7 Å². The molecule has 1 aliphatic heterocycles. The van der Waals surface area contributed by atoms with E-state index in [1.165, 1.54) is 45.0 Å². The molecular formula is C20H20ClF4NO. The molecule has 7 heteroatoms. The molecule has 2 aromatic carbocycles. The lowest BCUT2D eigenvalue weighted by molar-refractivity contribution is -0.216. The zero-order chi connectivity index (χ0) is 20.0. The summed E-state index contributed by atoms with van der Waals surface area (Å²) in [6, 6.07) is 7.67. The van der Waals surface area contributed by atoms with Gasteiger partial charge in [-0.15, -0.1) is 0 Å². The van der Waals surface area contributed by atoms with Crippen molar-refractivity contribution in [3.8, 4) is 11.1 Å². The van der Waals surface area contributed by atoms with Crippen LogP contribution in [0.4, 0.5) is 17.6 Å². The summed E-state index contributed by atoms with van der Waals surface area (Å²) in [5.74, 6) is -4.79. The first-order chi connectivity index (χ1) is 12.5. The van der Waals surface area contributed by atoms with Crippen LogP contribution in [0.15, 0.2) is 36.4 Å². The molecule has 0 radical (unpaired) electrons. The van der Waals surface area contributed by atoms with Crippen molar-refractivity contribution >= 4 is 11.6 Å². The topological polar surface area (TPSA) is 21.3 Å². The van der Waals surface area contributed by atoms with Crippen LogP contribution in [0.25, 0.3) is 11.1 Å². The summed E-state index contributed by atoms with van der Waals surface area (Å²) in [7, 11) is 0. The van der Waals surface area contributed by atoms with Crippen LogP contribution < -0.4 is 5.32 Å². The van der Waals surface area contributed by atoms with E-state index in [0.717, 1.165) is 12.1 Å². The van der Waals surface area contributed by atoms with Gasteiger partial charge in [-0.2, -0.15) is 0 Å². The van der Waals surface area contributed by atoms with Crippen LogP contribution in [0.5, 0.6) is 0 Å². The Labute approximate surface area is 160 Å². The van der Waals surface area contributed by atoms with Gasteiger partial charge in [0.2, 0.25) is 0 Å². The summed E-state index contributed by atoms with van der Waals surface area (Å²) in [6.45, 7) is 4.02. The summed E-state index contributed by atoms with van der Waals surface area (Å²) in [5, 5.41) is 2.91. The Bertz CT molecular complexity index is 851. The molecule has 2 aromatic rings. The van der Waals surface area contributed by atoms with E-state index in [1.807, 2.05) is 0 Å². The Kier molecular flexibility index (Phi) is 5.04. The third kappa shape index (κ3) is 3.35. The number of benzene rings is 2. The molecule has 0 spiro atoms. The molecule has 0 unspecified atom stereocenters. The number of halogens is 5. The van der Waals surface area contributed by atoms with Crippen LogP contribution in [-0.2, 0) is 10.3 Å². The number of nitrogens with one attached hydrogen (secondary N) is 1. The number of hydrogen-bond acceptors (Lipinski definition) is 2. The fourth-order valence-corrected chi connectivity index (χ4v) is 3.71. The predicted octanol–water partition coefficient (Wildman–Crippen LogP) is 5.53. The quantitative estimate of drug-likeness (QED) is 0.668. The van der Waals surface area contributed by atoms with E-state index in [4.69, 9.17) is 16.3 Å². The second-order valence-electron chi connectivity index (χ2n) is 7.34. The van der Waals surface area contributed by atoms with Gasteiger partial charge in [0, 0.05) is 17.1 Å². The molecule has 1 saturated heterocycles. The van der Waals surface area contributed by atoms with Gasteiger partial charge in [-0.3, -0.25) is 0 Å². The van der Waals surface area contributed by atoms with Crippen LogP contribution in [0, 0.1) is 11.6 Å². The second-order valence-corrected chi connectivity index (χ2v) is 7.77. The molecule has 0 aromatic heterocycles. The van der Waals surface area contributed by atoms with Gasteiger partial charge in [-0.05, 0) is 62.2 Å².